The summed E-state index contributed by atoms with van der Waals surface area (Å²) in [4.78, 5) is 4.17. The van der Waals surface area contributed by atoms with Crippen molar-refractivity contribution in [2.75, 3.05) is 27.3 Å². The summed E-state index contributed by atoms with van der Waals surface area (Å²) in [6.45, 7) is 5.51. The SMILES string of the molecule is CCC(C)NC(=NC)NCCOc1cccc(OC)c1. The van der Waals surface area contributed by atoms with E-state index in [0.717, 1.165) is 23.9 Å². The number of nitrogens with zero attached hydrogens (tertiary/aromatic N) is 1. The fourth-order valence-corrected chi connectivity index (χ4v) is 1.56. The Morgan fingerprint density at radius 3 is 2.75 bits per heavy atom. The molecular formula is C15H25N3O2. The fourth-order valence-electron chi connectivity index (χ4n) is 1.56. The van der Waals surface area contributed by atoms with Crippen LogP contribution in [0.3, 0.4) is 0 Å². The fraction of sp³-hybridized carbons (Fsp3) is 0.533. The molecule has 1 aromatic rings. The van der Waals surface area contributed by atoms with Crippen LogP contribution < -0.4 is 20.1 Å². The van der Waals surface area contributed by atoms with Crippen LogP contribution in [0.4, 0.5) is 0 Å². The second-order valence-electron chi connectivity index (χ2n) is 4.48. The van der Waals surface area contributed by atoms with E-state index in [9.17, 15) is 0 Å². The maximum Gasteiger partial charge on any atom is 0.191 e. The number of hydrogen-bond donors (Lipinski definition) is 2. The largest absolute Gasteiger partial charge is 0.497 e. The van der Waals surface area contributed by atoms with Crippen molar-refractivity contribution >= 4 is 5.96 Å². The molecule has 20 heavy (non-hydrogen) atoms. The number of hydrogen-bond acceptors (Lipinski definition) is 3. The predicted molar refractivity (Wildman–Crippen MR) is 82.7 cm³/mol. The van der Waals surface area contributed by atoms with E-state index in [4.69, 9.17) is 9.47 Å². The lowest BCUT2D eigenvalue weighted by Crippen LogP contribution is -2.43. The Morgan fingerprint density at radius 2 is 2.10 bits per heavy atom. The molecule has 0 aromatic heterocycles. The number of guanidine groups is 1. The Labute approximate surface area is 121 Å². The maximum atomic E-state index is 5.65. The third-order valence-electron chi connectivity index (χ3n) is 2.92. The zero-order valence-corrected chi connectivity index (χ0v) is 12.8. The van der Waals surface area contributed by atoms with Crippen LogP contribution in [0.15, 0.2) is 29.3 Å². The van der Waals surface area contributed by atoms with Gasteiger partial charge in [0, 0.05) is 19.2 Å². The first-order valence-electron chi connectivity index (χ1n) is 6.93. The number of methoxy groups -OCH3 is 1. The normalized spacial score (nSPS) is 12.7. The van der Waals surface area contributed by atoms with Crippen LogP contribution in [0.25, 0.3) is 0 Å². The van der Waals surface area contributed by atoms with Gasteiger partial charge in [-0.25, -0.2) is 0 Å². The van der Waals surface area contributed by atoms with E-state index < -0.39 is 0 Å². The molecule has 112 valence electrons. The molecule has 2 N–H and O–H groups in total. The third kappa shape index (κ3) is 5.82. The molecule has 0 aliphatic rings. The highest BCUT2D eigenvalue weighted by molar-refractivity contribution is 5.79. The van der Waals surface area contributed by atoms with Gasteiger partial charge in [0.15, 0.2) is 5.96 Å². The van der Waals surface area contributed by atoms with Crippen molar-refractivity contribution in [2.45, 2.75) is 26.3 Å². The molecule has 1 unspecified atom stereocenters. The summed E-state index contributed by atoms with van der Waals surface area (Å²) in [6, 6.07) is 7.98. The molecular weight excluding hydrogens is 254 g/mol. The first kappa shape index (κ1) is 16.1. The van der Waals surface area contributed by atoms with Gasteiger partial charge in [0.05, 0.1) is 13.7 Å². The van der Waals surface area contributed by atoms with Gasteiger partial charge in [0.25, 0.3) is 0 Å². The predicted octanol–water partition coefficient (Wildman–Crippen LogP) is 2.04. The Hall–Kier alpha value is -1.91. The minimum Gasteiger partial charge on any atom is -0.497 e. The lowest BCUT2D eigenvalue weighted by atomic mass is 10.3. The summed E-state index contributed by atoms with van der Waals surface area (Å²) < 4.78 is 10.8. The van der Waals surface area contributed by atoms with Crippen LogP contribution in [0.1, 0.15) is 20.3 Å². The van der Waals surface area contributed by atoms with E-state index in [0.29, 0.717) is 19.2 Å². The lowest BCUT2D eigenvalue weighted by Gasteiger charge is -2.16. The highest BCUT2D eigenvalue weighted by atomic mass is 16.5. The Bertz CT molecular complexity index is 421. The van der Waals surface area contributed by atoms with E-state index >= 15 is 0 Å². The number of ether oxygens (including phenoxy) is 2. The molecule has 5 heteroatoms. The summed E-state index contributed by atoms with van der Waals surface area (Å²) in [6.07, 6.45) is 1.06. The van der Waals surface area contributed by atoms with Crippen LogP contribution >= 0.6 is 0 Å². The monoisotopic (exact) mass is 279 g/mol. The Morgan fingerprint density at radius 1 is 1.35 bits per heavy atom. The summed E-state index contributed by atoms with van der Waals surface area (Å²) >= 11 is 0. The minimum absolute atomic E-state index is 0.403. The minimum atomic E-state index is 0.403. The summed E-state index contributed by atoms with van der Waals surface area (Å²) in [5.74, 6) is 2.40. The molecule has 0 radical (unpaired) electrons. The molecule has 1 atom stereocenters. The lowest BCUT2D eigenvalue weighted by molar-refractivity contribution is 0.318. The Kier molecular flexibility index (Phi) is 7.32. The quantitative estimate of drug-likeness (QED) is 0.455. The number of nitrogens with one attached hydrogen (secondary N) is 2. The van der Waals surface area contributed by atoms with E-state index in [1.54, 1.807) is 14.2 Å². The smallest absolute Gasteiger partial charge is 0.191 e. The van der Waals surface area contributed by atoms with Crippen LogP contribution in [-0.4, -0.2) is 39.3 Å². The van der Waals surface area contributed by atoms with Crippen molar-refractivity contribution in [1.82, 2.24) is 10.6 Å². The van der Waals surface area contributed by atoms with Crippen molar-refractivity contribution in [3.05, 3.63) is 24.3 Å². The van der Waals surface area contributed by atoms with Gasteiger partial charge in [-0.15, -0.1) is 0 Å². The first-order chi connectivity index (χ1) is 9.69. The zero-order chi connectivity index (χ0) is 14.8. The number of benzene rings is 1. The molecule has 0 amide bonds. The average Bonchev–Trinajstić information content (AvgIpc) is 2.50. The van der Waals surface area contributed by atoms with Gasteiger partial charge in [-0.2, -0.15) is 0 Å². The second-order valence-corrected chi connectivity index (χ2v) is 4.48. The molecule has 5 nitrogen and oxygen atoms in total. The summed E-state index contributed by atoms with van der Waals surface area (Å²) in [7, 11) is 3.41. The Balaban J connectivity index is 2.29. The highest BCUT2D eigenvalue weighted by Crippen LogP contribution is 2.18. The van der Waals surface area contributed by atoms with Crippen molar-refractivity contribution < 1.29 is 9.47 Å². The van der Waals surface area contributed by atoms with Gasteiger partial charge in [0.2, 0.25) is 0 Å². The molecule has 0 heterocycles. The number of aliphatic imine (C=N–C) groups is 1. The van der Waals surface area contributed by atoms with Crippen LogP contribution in [0.5, 0.6) is 11.5 Å². The molecule has 1 rings (SSSR count). The van der Waals surface area contributed by atoms with Gasteiger partial charge >= 0.3 is 0 Å². The topological polar surface area (TPSA) is 54.9 Å². The summed E-state index contributed by atoms with van der Waals surface area (Å²) in [5.41, 5.74) is 0. The molecule has 0 aliphatic carbocycles. The molecule has 0 aliphatic heterocycles. The van der Waals surface area contributed by atoms with E-state index in [2.05, 4.69) is 29.5 Å². The van der Waals surface area contributed by atoms with Crippen LogP contribution in [0, 0.1) is 0 Å². The molecule has 0 spiro atoms. The average molecular weight is 279 g/mol. The first-order valence-corrected chi connectivity index (χ1v) is 6.93. The third-order valence-corrected chi connectivity index (χ3v) is 2.92. The van der Waals surface area contributed by atoms with Crippen molar-refractivity contribution in [1.29, 1.82) is 0 Å². The van der Waals surface area contributed by atoms with E-state index in [-0.39, 0.29) is 0 Å². The molecule has 0 bridgehead atoms. The van der Waals surface area contributed by atoms with Gasteiger partial charge in [-0.3, -0.25) is 4.99 Å². The molecule has 0 saturated heterocycles. The van der Waals surface area contributed by atoms with E-state index in [1.165, 1.54) is 0 Å². The summed E-state index contributed by atoms with van der Waals surface area (Å²) in [5, 5.41) is 6.51. The maximum absolute atomic E-state index is 5.65. The van der Waals surface area contributed by atoms with Gasteiger partial charge in [-0.1, -0.05) is 13.0 Å². The standard InChI is InChI=1S/C15H25N3O2/c1-5-12(2)18-15(16-3)17-9-10-20-14-8-6-7-13(11-14)19-4/h6-8,11-12H,5,9-10H2,1-4H3,(H2,16,17,18). The molecule has 1 aromatic carbocycles. The van der Waals surface area contributed by atoms with Gasteiger partial charge in [-0.05, 0) is 25.5 Å². The van der Waals surface area contributed by atoms with Crippen LogP contribution in [-0.2, 0) is 0 Å². The van der Waals surface area contributed by atoms with Crippen LogP contribution in [0.2, 0.25) is 0 Å². The molecule has 0 saturated carbocycles. The van der Waals surface area contributed by atoms with Gasteiger partial charge in [0.1, 0.15) is 18.1 Å². The van der Waals surface area contributed by atoms with E-state index in [1.807, 2.05) is 24.3 Å². The van der Waals surface area contributed by atoms with Crippen molar-refractivity contribution in [3.63, 3.8) is 0 Å². The second kappa shape index (κ2) is 9.07. The van der Waals surface area contributed by atoms with Gasteiger partial charge < -0.3 is 20.1 Å². The number of rotatable bonds is 7. The van der Waals surface area contributed by atoms with Crippen molar-refractivity contribution in [2.24, 2.45) is 4.99 Å². The van der Waals surface area contributed by atoms with Crippen molar-refractivity contribution in [3.8, 4) is 11.5 Å². The highest BCUT2D eigenvalue weighted by Gasteiger charge is 2.02. The zero-order valence-electron chi connectivity index (χ0n) is 12.8. The molecule has 0 fully saturated rings.